The molecule has 1 aliphatic rings. The van der Waals surface area contributed by atoms with Gasteiger partial charge in [-0.2, -0.15) is 5.10 Å². The van der Waals surface area contributed by atoms with Crippen molar-refractivity contribution in [3.05, 3.63) is 64.4 Å². The molecule has 2 heterocycles. The number of amides is 2. The monoisotopic (exact) mass is 451 g/mol. The molecule has 0 radical (unpaired) electrons. The Bertz CT molecular complexity index is 1190. The molecule has 0 bridgehead atoms. The average molecular weight is 452 g/mol. The summed E-state index contributed by atoms with van der Waals surface area (Å²) in [5, 5.41) is 17.1. The lowest BCUT2D eigenvalue weighted by Crippen LogP contribution is -2.50. The number of nitrogens with one attached hydrogen (secondary N) is 1. The summed E-state index contributed by atoms with van der Waals surface area (Å²) in [6, 6.07) is 14.5. The normalized spacial score (nSPS) is 13.9. The van der Waals surface area contributed by atoms with Gasteiger partial charge in [-0.25, -0.2) is 0 Å². The molecule has 1 fully saturated rings. The number of aromatic amines is 1. The number of para-hydroxylation sites is 1. The third-order valence-corrected chi connectivity index (χ3v) is 5.95. The van der Waals surface area contributed by atoms with Crippen molar-refractivity contribution in [2.75, 3.05) is 26.2 Å². The number of hydrogen-bond donors (Lipinski definition) is 2. The fourth-order valence-electron chi connectivity index (χ4n) is 3.88. The predicted molar refractivity (Wildman–Crippen MR) is 123 cm³/mol. The topological polar surface area (TPSA) is 94.5 Å². The number of hydrogen-bond acceptors (Lipinski definition) is 5. The number of phenolic OH excluding ortho intramolecular Hbond substituents is 1. The number of benzene rings is 2. The van der Waals surface area contributed by atoms with Crippen molar-refractivity contribution >= 4 is 24.0 Å². The van der Waals surface area contributed by atoms with Gasteiger partial charge in [-0.3, -0.25) is 19.3 Å². The first-order valence-electron chi connectivity index (χ1n) is 10.5. The van der Waals surface area contributed by atoms with Crippen molar-refractivity contribution in [2.24, 2.45) is 0 Å². The summed E-state index contributed by atoms with van der Waals surface area (Å²) >= 11 is 5.37. The van der Waals surface area contributed by atoms with E-state index in [9.17, 15) is 14.7 Å². The van der Waals surface area contributed by atoms with Crippen molar-refractivity contribution in [1.82, 2.24) is 24.6 Å². The highest BCUT2D eigenvalue weighted by molar-refractivity contribution is 7.71. The maximum atomic E-state index is 12.8. The molecule has 9 heteroatoms. The van der Waals surface area contributed by atoms with Crippen molar-refractivity contribution < 1.29 is 14.7 Å². The minimum atomic E-state index is -0.220. The van der Waals surface area contributed by atoms with Gasteiger partial charge in [0, 0.05) is 44.7 Å². The lowest BCUT2D eigenvalue weighted by atomic mass is 10.1. The molecule has 2 N–H and O–H groups in total. The van der Waals surface area contributed by atoms with Gasteiger partial charge in [0.1, 0.15) is 5.75 Å². The molecule has 2 aromatic carbocycles. The fourth-order valence-corrected chi connectivity index (χ4v) is 4.10. The molecule has 3 aromatic rings. The van der Waals surface area contributed by atoms with E-state index < -0.39 is 0 Å². The first-order valence-corrected chi connectivity index (χ1v) is 10.9. The van der Waals surface area contributed by atoms with Crippen LogP contribution in [0.4, 0.5) is 0 Å². The lowest BCUT2D eigenvalue weighted by molar-refractivity contribution is -0.132. The molecule has 1 aliphatic heterocycles. The maximum Gasteiger partial charge on any atom is 0.257 e. The molecule has 4 rings (SSSR count). The van der Waals surface area contributed by atoms with Crippen LogP contribution in [-0.4, -0.2) is 67.7 Å². The summed E-state index contributed by atoms with van der Waals surface area (Å²) in [7, 11) is 0. The van der Waals surface area contributed by atoms with Gasteiger partial charge in [0.25, 0.3) is 5.91 Å². The second kappa shape index (κ2) is 9.35. The first-order chi connectivity index (χ1) is 15.4. The molecule has 8 nitrogen and oxygen atoms in total. The Morgan fingerprint density at radius 1 is 1.06 bits per heavy atom. The van der Waals surface area contributed by atoms with Crippen LogP contribution in [0.15, 0.2) is 48.5 Å². The van der Waals surface area contributed by atoms with Gasteiger partial charge < -0.3 is 14.9 Å². The zero-order chi connectivity index (χ0) is 22.7. The number of aromatic hydroxyl groups is 1. The molecular formula is C23H25N5O3S. The number of aromatic nitrogens is 3. The third-order valence-electron chi connectivity index (χ3n) is 5.64. The Kier molecular flexibility index (Phi) is 6.36. The Morgan fingerprint density at radius 2 is 1.78 bits per heavy atom. The summed E-state index contributed by atoms with van der Waals surface area (Å²) in [5.41, 5.74) is 2.35. The quantitative estimate of drug-likeness (QED) is 0.582. The predicted octanol–water partition coefficient (Wildman–Crippen LogP) is 3.00. The number of piperazine rings is 1. The van der Waals surface area contributed by atoms with E-state index in [0.717, 1.165) is 11.1 Å². The Balaban J connectivity index is 1.36. The molecule has 0 saturated carbocycles. The van der Waals surface area contributed by atoms with E-state index in [1.54, 1.807) is 28.0 Å². The fraction of sp³-hybridized carbons (Fsp3) is 0.304. The molecule has 32 heavy (non-hydrogen) atoms. The number of H-pyrrole nitrogens is 1. The van der Waals surface area contributed by atoms with Crippen molar-refractivity contribution in [3.8, 4) is 17.1 Å². The van der Waals surface area contributed by atoms with Gasteiger partial charge in [-0.1, -0.05) is 35.9 Å². The number of nitrogens with zero attached hydrogens (tertiary/aromatic N) is 4. The first kappa shape index (κ1) is 21.8. The van der Waals surface area contributed by atoms with Crippen LogP contribution >= 0.6 is 12.2 Å². The summed E-state index contributed by atoms with van der Waals surface area (Å²) in [4.78, 5) is 28.9. The minimum absolute atomic E-state index is 0.0120. The van der Waals surface area contributed by atoms with E-state index in [2.05, 4.69) is 10.2 Å². The molecule has 166 valence electrons. The zero-order valence-electron chi connectivity index (χ0n) is 17.8. The SMILES string of the molecule is Cc1cccc(-c2n[nH]c(=S)n2CCC(=O)N2CCN(C(=O)c3ccccc3O)CC2)c1. The average Bonchev–Trinajstić information content (AvgIpc) is 3.17. The molecule has 0 spiro atoms. The van der Waals surface area contributed by atoms with Gasteiger partial charge in [0.05, 0.1) is 5.56 Å². The number of carbonyl (C=O) groups is 2. The number of phenols is 1. The lowest BCUT2D eigenvalue weighted by Gasteiger charge is -2.35. The number of rotatable bonds is 5. The second-order valence-corrected chi connectivity index (χ2v) is 8.20. The van der Waals surface area contributed by atoms with Crippen LogP contribution in [0.25, 0.3) is 11.4 Å². The van der Waals surface area contributed by atoms with E-state index in [0.29, 0.717) is 49.7 Å². The van der Waals surface area contributed by atoms with Crippen molar-refractivity contribution in [2.45, 2.75) is 19.9 Å². The van der Waals surface area contributed by atoms with Crippen LogP contribution in [0, 0.1) is 11.7 Å². The van der Waals surface area contributed by atoms with Crippen LogP contribution in [0.3, 0.4) is 0 Å². The standard InChI is InChI=1S/C23H25N5O3S/c1-16-5-4-6-17(15-16)21-24-25-23(32)28(21)10-9-20(30)26-11-13-27(14-12-26)22(31)18-7-2-3-8-19(18)29/h2-8,15,29H,9-14H2,1H3,(H,25,32). The maximum absolute atomic E-state index is 12.8. The van der Waals surface area contributed by atoms with Crippen molar-refractivity contribution in [3.63, 3.8) is 0 Å². The zero-order valence-corrected chi connectivity index (χ0v) is 18.6. The van der Waals surface area contributed by atoms with Crippen molar-refractivity contribution in [1.29, 1.82) is 0 Å². The van der Waals surface area contributed by atoms with Crippen LogP contribution < -0.4 is 0 Å². The highest BCUT2D eigenvalue weighted by atomic mass is 32.1. The van der Waals surface area contributed by atoms with Crippen LogP contribution in [0.2, 0.25) is 0 Å². The second-order valence-electron chi connectivity index (χ2n) is 7.81. The van der Waals surface area contributed by atoms with Gasteiger partial charge in [-0.15, -0.1) is 0 Å². The summed E-state index contributed by atoms with van der Waals surface area (Å²) in [6.45, 7) is 4.22. The van der Waals surface area contributed by atoms with Gasteiger partial charge in [0.2, 0.25) is 5.91 Å². The Morgan fingerprint density at radius 3 is 2.50 bits per heavy atom. The Hall–Kier alpha value is -3.46. The molecule has 2 amide bonds. The Labute approximate surface area is 191 Å². The molecule has 1 aromatic heterocycles. The third kappa shape index (κ3) is 4.57. The minimum Gasteiger partial charge on any atom is -0.507 e. The number of aryl methyl sites for hydroxylation is 1. The van der Waals surface area contributed by atoms with Gasteiger partial charge >= 0.3 is 0 Å². The summed E-state index contributed by atoms with van der Waals surface area (Å²) in [5.74, 6) is 0.475. The number of carbonyl (C=O) groups excluding carboxylic acids is 2. The summed E-state index contributed by atoms with van der Waals surface area (Å²) < 4.78 is 2.33. The van der Waals surface area contributed by atoms with E-state index in [-0.39, 0.29) is 23.1 Å². The molecular weight excluding hydrogens is 426 g/mol. The highest BCUT2D eigenvalue weighted by Gasteiger charge is 2.26. The van der Waals surface area contributed by atoms with Crippen LogP contribution in [-0.2, 0) is 11.3 Å². The van der Waals surface area contributed by atoms with E-state index in [1.165, 1.54) is 6.07 Å². The molecule has 0 atom stereocenters. The van der Waals surface area contributed by atoms with Crippen LogP contribution in [0.1, 0.15) is 22.3 Å². The van der Waals surface area contributed by atoms with Gasteiger partial charge in [-0.05, 0) is 37.3 Å². The smallest absolute Gasteiger partial charge is 0.257 e. The van der Waals surface area contributed by atoms with E-state index >= 15 is 0 Å². The summed E-state index contributed by atoms with van der Waals surface area (Å²) in [6.07, 6.45) is 0.292. The molecule has 0 aliphatic carbocycles. The van der Waals surface area contributed by atoms with Gasteiger partial charge in [0.15, 0.2) is 10.6 Å². The van der Waals surface area contributed by atoms with E-state index in [1.807, 2.05) is 35.8 Å². The largest absolute Gasteiger partial charge is 0.507 e. The van der Waals surface area contributed by atoms with E-state index in [4.69, 9.17) is 12.2 Å². The van der Waals surface area contributed by atoms with Crippen LogP contribution in [0.5, 0.6) is 5.75 Å². The molecule has 0 unspecified atom stereocenters. The highest BCUT2D eigenvalue weighted by Crippen LogP contribution is 2.20. The molecule has 1 saturated heterocycles.